The van der Waals surface area contributed by atoms with Crippen LogP contribution in [0.25, 0.3) is 60.3 Å². The minimum Gasteiger partial charge on any atom is -0.456 e. The van der Waals surface area contributed by atoms with Crippen LogP contribution in [0, 0.1) is 18.3 Å². The second-order valence-corrected chi connectivity index (χ2v) is 8.83. The summed E-state index contributed by atoms with van der Waals surface area (Å²) in [6.07, 6.45) is 5.40. The molecule has 0 radical (unpaired) electrons. The van der Waals surface area contributed by atoms with Crippen LogP contribution in [0.1, 0.15) is 17.7 Å². The van der Waals surface area contributed by atoms with Crippen LogP contribution in [0.2, 0.25) is 0 Å². The predicted molar refractivity (Wildman–Crippen MR) is 148 cm³/mol. The van der Waals surface area contributed by atoms with Gasteiger partial charge in [0.25, 0.3) is 0 Å². The van der Waals surface area contributed by atoms with Gasteiger partial charge in [-0.2, -0.15) is 5.26 Å². The molecule has 0 aliphatic rings. The van der Waals surface area contributed by atoms with Gasteiger partial charge in [0.05, 0.1) is 23.9 Å². The van der Waals surface area contributed by atoms with Crippen LogP contribution in [-0.4, -0.2) is 4.98 Å². The lowest BCUT2D eigenvalue weighted by atomic mass is 9.89. The highest BCUT2D eigenvalue weighted by Crippen LogP contribution is 2.42. The maximum atomic E-state index is 9.09. The molecule has 2 N–H and O–H groups in total. The fourth-order valence-corrected chi connectivity index (χ4v) is 5.13. The molecule has 172 valence electrons. The Hall–Kier alpha value is -4.88. The van der Waals surface area contributed by atoms with Gasteiger partial charge in [-0.1, -0.05) is 54.6 Å². The first-order valence-corrected chi connectivity index (χ1v) is 11.9. The number of rotatable bonds is 4. The lowest BCUT2D eigenvalue weighted by molar-refractivity contribution is 0.669. The number of para-hydroxylation sites is 1. The largest absolute Gasteiger partial charge is 0.456 e. The zero-order valence-corrected chi connectivity index (χ0v) is 19.8. The molecule has 0 atom stereocenters. The molecule has 0 unspecified atom stereocenters. The smallest absolute Gasteiger partial charge is 0.136 e. The standard InChI is InChI=1S/C32H23N3O/c1-20-22-9-2-3-11-24(22)32(29-13-6-12-28(35-29)21(15-17-34)8-7-16-33)27-18-26-23-10-4-5-14-30(23)36-31(26)19-25(20)27/h2-6,8-15,17-19H,7,34H2,1H3/b17-15-,21-8+. The highest BCUT2D eigenvalue weighted by molar-refractivity contribution is 6.19. The van der Waals surface area contributed by atoms with Gasteiger partial charge in [-0.15, -0.1) is 0 Å². The van der Waals surface area contributed by atoms with Gasteiger partial charge in [-0.05, 0) is 82.2 Å². The summed E-state index contributed by atoms with van der Waals surface area (Å²) in [6.45, 7) is 2.17. The average Bonchev–Trinajstić information content (AvgIpc) is 3.28. The summed E-state index contributed by atoms with van der Waals surface area (Å²) in [7, 11) is 0. The van der Waals surface area contributed by atoms with E-state index in [0.29, 0.717) is 0 Å². The lowest BCUT2D eigenvalue weighted by Gasteiger charge is -2.15. The second-order valence-electron chi connectivity index (χ2n) is 8.83. The number of hydrogen-bond donors (Lipinski definition) is 1. The van der Waals surface area contributed by atoms with E-state index in [9.17, 15) is 0 Å². The van der Waals surface area contributed by atoms with Crippen molar-refractivity contribution in [1.29, 1.82) is 5.26 Å². The van der Waals surface area contributed by atoms with E-state index in [1.807, 2.05) is 42.5 Å². The summed E-state index contributed by atoms with van der Waals surface area (Å²) in [5.41, 5.74) is 12.2. The van der Waals surface area contributed by atoms with Crippen LogP contribution in [-0.2, 0) is 0 Å². The van der Waals surface area contributed by atoms with Gasteiger partial charge in [0, 0.05) is 16.3 Å². The van der Waals surface area contributed by atoms with Gasteiger partial charge in [0.2, 0.25) is 0 Å². The van der Waals surface area contributed by atoms with Crippen molar-refractivity contribution in [2.24, 2.45) is 5.73 Å². The first kappa shape index (κ1) is 21.6. The Labute approximate surface area is 208 Å². The van der Waals surface area contributed by atoms with Crippen molar-refractivity contribution in [3.63, 3.8) is 0 Å². The minimum absolute atomic E-state index is 0.285. The number of allylic oxidation sites excluding steroid dienone is 3. The van der Waals surface area contributed by atoms with Crippen molar-refractivity contribution in [1.82, 2.24) is 4.98 Å². The maximum Gasteiger partial charge on any atom is 0.136 e. The van der Waals surface area contributed by atoms with Gasteiger partial charge in [-0.25, -0.2) is 4.98 Å². The third-order valence-electron chi connectivity index (χ3n) is 6.78. The number of fused-ring (bicyclic) bond motifs is 5. The Morgan fingerprint density at radius 1 is 0.861 bits per heavy atom. The van der Waals surface area contributed by atoms with Gasteiger partial charge in [0.1, 0.15) is 11.2 Å². The predicted octanol–water partition coefficient (Wildman–Crippen LogP) is 8.03. The molecule has 4 nitrogen and oxygen atoms in total. The zero-order chi connectivity index (χ0) is 24.6. The number of nitrogens with zero attached hydrogens (tertiary/aromatic N) is 2. The van der Waals surface area contributed by atoms with E-state index in [-0.39, 0.29) is 6.42 Å². The molecule has 4 heteroatoms. The highest BCUT2D eigenvalue weighted by atomic mass is 16.3. The third kappa shape index (κ3) is 3.41. The molecular formula is C32H23N3O. The molecule has 2 aromatic heterocycles. The molecule has 4 aromatic carbocycles. The fourth-order valence-electron chi connectivity index (χ4n) is 5.13. The molecule has 2 heterocycles. The number of nitriles is 1. The molecule has 0 aliphatic heterocycles. The van der Waals surface area contributed by atoms with Crippen LogP contribution < -0.4 is 5.73 Å². The number of pyridine rings is 1. The maximum absolute atomic E-state index is 9.09. The third-order valence-corrected chi connectivity index (χ3v) is 6.78. The molecular weight excluding hydrogens is 442 g/mol. The Morgan fingerprint density at radius 3 is 2.44 bits per heavy atom. The van der Waals surface area contributed by atoms with Crippen molar-refractivity contribution in [2.45, 2.75) is 13.3 Å². The number of aromatic nitrogens is 1. The van der Waals surface area contributed by atoms with Crippen molar-refractivity contribution in [3.8, 4) is 17.3 Å². The first-order valence-electron chi connectivity index (χ1n) is 11.9. The average molecular weight is 466 g/mol. The van der Waals surface area contributed by atoms with Crippen LogP contribution in [0.5, 0.6) is 0 Å². The van der Waals surface area contributed by atoms with E-state index in [2.05, 4.69) is 55.5 Å². The summed E-state index contributed by atoms with van der Waals surface area (Å²) in [5.74, 6) is 0. The Bertz CT molecular complexity index is 1900. The molecule has 0 saturated heterocycles. The van der Waals surface area contributed by atoms with E-state index in [1.54, 1.807) is 6.08 Å². The SMILES string of the molecule is Cc1c2ccccc2c(-c2cccc(C(/C=C\N)=C/CC#N)n2)c2cc3c(cc12)oc1ccccc13. The normalized spacial score (nSPS) is 12.3. The van der Waals surface area contributed by atoms with Crippen LogP contribution in [0.15, 0.2) is 102 Å². The van der Waals surface area contributed by atoms with Crippen molar-refractivity contribution < 1.29 is 4.42 Å². The second kappa shape index (κ2) is 8.72. The van der Waals surface area contributed by atoms with Crippen LogP contribution in [0.3, 0.4) is 0 Å². The van der Waals surface area contributed by atoms with Crippen LogP contribution >= 0.6 is 0 Å². The highest BCUT2D eigenvalue weighted by Gasteiger charge is 2.17. The topological polar surface area (TPSA) is 75.8 Å². The summed E-state index contributed by atoms with van der Waals surface area (Å²) in [5, 5.41) is 15.9. The quantitative estimate of drug-likeness (QED) is 0.211. The van der Waals surface area contributed by atoms with E-state index in [0.717, 1.165) is 60.6 Å². The van der Waals surface area contributed by atoms with Crippen molar-refractivity contribution in [2.75, 3.05) is 0 Å². The number of nitrogens with two attached hydrogens (primary N) is 1. The Balaban J connectivity index is 1.72. The van der Waals surface area contributed by atoms with Gasteiger partial charge >= 0.3 is 0 Å². The molecule has 6 aromatic rings. The fraction of sp³-hybridized carbons (Fsp3) is 0.0625. The summed E-state index contributed by atoms with van der Waals surface area (Å²) < 4.78 is 6.22. The van der Waals surface area contributed by atoms with E-state index < -0.39 is 0 Å². The minimum atomic E-state index is 0.285. The molecule has 0 spiro atoms. The first-order chi connectivity index (χ1) is 17.7. The van der Waals surface area contributed by atoms with E-state index in [1.165, 1.54) is 17.1 Å². The Morgan fingerprint density at radius 2 is 1.64 bits per heavy atom. The van der Waals surface area contributed by atoms with Crippen molar-refractivity contribution in [3.05, 3.63) is 108 Å². The molecule has 0 fully saturated rings. The van der Waals surface area contributed by atoms with Crippen LogP contribution in [0.4, 0.5) is 0 Å². The molecule has 0 aliphatic carbocycles. The van der Waals surface area contributed by atoms with Gasteiger partial charge in [0.15, 0.2) is 0 Å². The van der Waals surface area contributed by atoms with E-state index >= 15 is 0 Å². The molecule has 36 heavy (non-hydrogen) atoms. The van der Waals surface area contributed by atoms with Crippen molar-refractivity contribution >= 4 is 49.1 Å². The van der Waals surface area contributed by atoms with Gasteiger partial charge < -0.3 is 10.2 Å². The number of hydrogen-bond acceptors (Lipinski definition) is 4. The van der Waals surface area contributed by atoms with E-state index in [4.69, 9.17) is 20.4 Å². The molecule has 0 bridgehead atoms. The zero-order valence-electron chi connectivity index (χ0n) is 19.8. The number of aryl methyl sites for hydroxylation is 1. The monoisotopic (exact) mass is 465 g/mol. The Kier molecular flexibility index (Phi) is 5.24. The molecule has 0 amide bonds. The molecule has 6 rings (SSSR count). The summed E-state index contributed by atoms with van der Waals surface area (Å²) in [6, 6.07) is 29.2. The summed E-state index contributed by atoms with van der Waals surface area (Å²) >= 11 is 0. The molecule has 0 saturated carbocycles. The van der Waals surface area contributed by atoms with Gasteiger partial charge in [-0.3, -0.25) is 0 Å². The number of furan rings is 1. The lowest BCUT2D eigenvalue weighted by Crippen LogP contribution is -1.95. The number of benzene rings is 4. The summed E-state index contributed by atoms with van der Waals surface area (Å²) in [4.78, 5) is 5.07.